The van der Waals surface area contributed by atoms with Crippen molar-refractivity contribution < 1.29 is 15.0 Å². The van der Waals surface area contributed by atoms with Gasteiger partial charge in [-0.2, -0.15) is 0 Å². The minimum Gasteiger partial charge on any atom is -0.476 e. The van der Waals surface area contributed by atoms with E-state index >= 15 is 0 Å². The van der Waals surface area contributed by atoms with Gasteiger partial charge in [-0.25, -0.2) is 9.48 Å². The van der Waals surface area contributed by atoms with E-state index in [4.69, 9.17) is 0 Å². The van der Waals surface area contributed by atoms with Crippen molar-refractivity contribution in [2.24, 2.45) is 0 Å². The van der Waals surface area contributed by atoms with Crippen molar-refractivity contribution in [1.29, 1.82) is 0 Å². The van der Waals surface area contributed by atoms with Crippen LogP contribution in [-0.4, -0.2) is 37.3 Å². The van der Waals surface area contributed by atoms with E-state index in [1.165, 1.54) is 0 Å². The Hall–Kier alpha value is -2.21. The van der Waals surface area contributed by atoms with Crippen molar-refractivity contribution in [2.45, 2.75) is 39.3 Å². The van der Waals surface area contributed by atoms with Gasteiger partial charge in [0.25, 0.3) is 0 Å². The molecule has 1 aromatic heterocycles. The molecule has 0 saturated carbocycles. The molecule has 0 bridgehead atoms. The third-order valence-electron chi connectivity index (χ3n) is 3.25. The predicted molar refractivity (Wildman–Crippen MR) is 77.3 cm³/mol. The molecule has 0 saturated heterocycles. The first-order chi connectivity index (χ1) is 9.97. The summed E-state index contributed by atoms with van der Waals surface area (Å²) in [5, 5.41) is 26.2. The van der Waals surface area contributed by atoms with Gasteiger partial charge in [0.15, 0.2) is 5.69 Å². The summed E-state index contributed by atoms with van der Waals surface area (Å²) in [4.78, 5) is 11.3. The van der Waals surface area contributed by atoms with Gasteiger partial charge in [-0.05, 0) is 25.8 Å². The fourth-order valence-corrected chi connectivity index (χ4v) is 2.18. The molecule has 0 spiro atoms. The smallest absolute Gasteiger partial charge is 0.358 e. The van der Waals surface area contributed by atoms with Crippen LogP contribution in [0.4, 0.5) is 0 Å². The molecule has 2 N–H and O–H groups in total. The Morgan fingerprint density at radius 2 is 2.19 bits per heavy atom. The number of rotatable bonds is 6. The van der Waals surface area contributed by atoms with Gasteiger partial charge in [-0.1, -0.05) is 35.0 Å². The minimum atomic E-state index is -1.08. The first-order valence-electron chi connectivity index (χ1n) is 6.86. The lowest BCUT2D eigenvalue weighted by Gasteiger charge is -2.09. The highest BCUT2D eigenvalue weighted by atomic mass is 16.4. The minimum absolute atomic E-state index is 0.0258. The Morgan fingerprint density at radius 3 is 2.81 bits per heavy atom. The Bertz CT molecular complexity index is 635. The largest absolute Gasteiger partial charge is 0.476 e. The highest BCUT2D eigenvalue weighted by molar-refractivity contribution is 5.86. The average molecular weight is 289 g/mol. The van der Waals surface area contributed by atoms with Crippen LogP contribution >= 0.6 is 0 Å². The predicted octanol–water partition coefficient (Wildman–Crippen LogP) is 1.65. The van der Waals surface area contributed by atoms with Crippen LogP contribution in [-0.2, 0) is 13.0 Å². The summed E-state index contributed by atoms with van der Waals surface area (Å²) in [6.07, 6.45) is 0.494. The summed E-state index contributed by atoms with van der Waals surface area (Å²) in [6, 6.07) is 7.89. The standard InChI is InChI=1S/C15H19N3O3/c1-10-4-3-5-12(8-10)9-13-14(15(20)21)16-17-18(13)7-6-11(2)19/h3-5,8,11,19H,6-7,9H2,1-2H3,(H,20,21). The SMILES string of the molecule is Cc1cccc(Cc2c(C(=O)O)nnn2CCC(C)O)c1. The van der Waals surface area contributed by atoms with Crippen molar-refractivity contribution >= 4 is 5.97 Å². The van der Waals surface area contributed by atoms with Gasteiger partial charge in [0.2, 0.25) is 0 Å². The first-order valence-corrected chi connectivity index (χ1v) is 6.86. The first kappa shape index (κ1) is 15.2. The van der Waals surface area contributed by atoms with Gasteiger partial charge in [0, 0.05) is 13.0 Å². The van der Waals surface area contributed by atoms with Crippen molar-refractivity contribution in [1.82, 2.24) is 15.0 Å². The lowest BCUT2D eigenvalue weighted by atomic mass is 10.1. The molecule has 0 fully saturated rings. The fraction of sp³-hybridized carbons (Fsp3) is 0.400. The maximum atomic E-state index is 11.3. The highest BCUT2D eigenvalue weighted by Gasteiger charge is 2.19. The van der Waals surface area contributed by atoms with Gasteiger partial charge in [0.05, 0.1) is 11.8 Å². The lowest BCUT2D eigenvalue weighted by Crippen LogP contribution is -2.13. The van der Waals surface area contributed by atoms with E-state index in [-0.39, 0.29) is 5.69 Å². The zero-order valence-corrected chi connectivity index (χ0v) is 12.2. The van der Waals surface area contributed by atoms with Crippen molar-refractivity contribution in [2.75, 3.05) is 0 Å². The van der Waals surface area contributed by atoms with Crippen molar-refractivity contribution in [3.05, 3.63) is 46.8 Å². The number of aromatic nitrogens is 3. The van der Waals surface area contributed by atoms with Crippen LogP contribution in [0.1, 0.15) is 40.7 Å². The average Bonchev–Trinajstić information content (AvgIpc) is 2.79. The number of nitrogens with zero attached hydrogens (tertiary/aromatic N) is 3. The summed E-state index contributed by atoms with van der Waals surface area (Å²) in [5.41, 5.74) is 2.67. The van der Waals surface area contributed by atoms with Crippen molar-refractivity contribution in [3.63, 3.8) is 0 Å². The van der Waals surface area contributed by atoms with Crippen LogP contribution in [0, 0.1) is 6.92 Å². The molecule has 1 atom stereocenters. The number of aromatic carboxylic acids is 1. The molecular formula is C15H19N3O3. The number of hydrogen-bond donors (Lipinski definition) is 2. The second kappa shape index (κ2) is 6.49. The molecule has 0 aliphatic carbocycles. The molecule has 1 heterocycles. The van der Waals surface area contributed by atoms with Gasteiger partial charge in [-0.3, -0.25) is 0 Å². The maximum absolute atomic E-state index is 11.3. The summed E-state index contributed by atoms with van der Waals surface area (Å²) in [7, 11) is 0. The lowest BCUT2D eigenvalue weighted by molar-refractivity contribution is 0.0689. The number of carbonyl (C=O) groups is 1. The van der Waals surface area contributed by atoms with E-state index in [2.05, 4.69) is 10.3 Å². The fourth-order valence-electron chi connectivity index (χ4n) is 2.18. The van der Waals surface area contributed by atoms with Crippen LogP contribution in [0.25, 0.3) is 0 Å². The third kappa shape index (κ3) is 3.88. The Balaban J connectivity index is 2.30. The molecule has 112 valence electrons. The zero-order chi connectivity index (χ0) is 15.4. The number of aliphatic hydroxyl groups is 1. The van der Waals surface area contributed by atoms with Gasteiger partial charge in [-0.15, -0.1) is 5.10 Å². The van der Waals surface area contributed by atoms with Crippen LogP contribution in [0.5, 0.6) is 0 Å². The Morgan fingerprint density at radius 1 is 1.43 bits per heavy atom. The molecule has 0 aliphatic rings. The summed E-state index contributed by atoms with van der Waals surface area (Å²) in [6.45, 7) is 4.12. The number of carboxylic acid groups (broad SMARTS) is 1. The topological polar surface area (TPSA) is 88.2 Å². The maximum Gasteiger partial charge on any atom is 0.358 e. The highest BCUT2D eigenvalue weighted by Crippen LogP contribution is 2.15. The van der Waals surface area contributed by atoms with Gasteiger partial charge >= 0.3 is 5.97 Å². The van der Waals surface area contributed by atoms with Crippen LogP contribution < -0.4 is 0 Å². The normalized spacial score (nSPS) is 12.3. The molecule has 0 aliphatic heterocycles. The summed E-state index contributed by atoms with van der Waals surface area (Å²) >= 11 is 0. The molecule has 1 aromatic carbocycles. The van der Waals surface area contributed by atoms with E-state index in [1.807, 2.05) is 31.2 Å². The van der Waals surface area contributed by atoms with Crippen molar-refractivity contribution in [3.8, 4) is 0 Å². The quantitative estimate of drug-likeness (QED) is 0.844. The number of aryl methyl sites for hydroxylation is 2. The molecule has 21 heavy (non-hydrogen) atoms. The summed E-state index contributed by atoms with van der Waals surface area (Å²) < 4.78 is 1.57. The Kier molecular flexibility index (Phi) is 4.70. The van der Waals surface area contributed by atoms with E-state index < -0.39 is 12.1 Å². The van der Waals surface area contributed by atoms with E-state index in [9.17, 15) is 15.0 Å². The molecule has 0 amide bonds. The van der Waals surface area contributed by atoms with Crippen LogP contribution in [0.3, 0.4) is 0 Å². The molecule has 0 radical (unpaired) electrons. The number of carboxylic acids is 1. The second-order valence-corrected chi connectivity index (χ2v) is 5.22. The third-order valence-corrected chi connectivity index (χ3v) is 3.25. The van der Waals surface area contributed by atoms with E-state index in [1.54, 1.807) is 11.6 Å². The number of hydrogen-bond acceptors (Lipinski definition) is 4. The molecule has 6 nitrogen and oxygen atoms in total. The van der Waals surface area contributed by atoms with E-state index in [0.717, 1.165) is 11.1 Å². The second-order valence-electron chi connectivity index (χ2n) is 5.22. The summed E-state index contributed by atoms with van der Waals surface area (Å²) in [5.74, 6) is -1.08. The van der Waals surface area contributed by atoms with E-state index in [0.29, 0.717) is 25.1 Å². The molecule has 2 aromatic rings. The molecular weight excluding hydrogens is 270 g/mol. The number of aliphatic hydroxyl groups excluding tert-OH is 1. The van der Waals surface area contributed by atoms with Crippen LogP contribution in [0.15, 0.2) is 24.3 Å². The molecule has 1 unspecified atom stereocenters. The monoisotopic (exact) mass is 289 g/mol. The molecule has 2 rings (SSSR count). The Labute approximate surface area is 123 Å². The number of benzene rings is 1. The molecule has 6 heteroatoms. The van der Waals surface area contributed by atoms with Gasteiger partial charge in [0.1, 0.15) is 0 Å². The zero-order valence-electron chi connectivity index (χ0n) is 12.2. The van der Waals surface area contributed by atoms with Gasteiger partial charge < -0.3 is 10.2 Å². The van der Waals surface area contributed by atoms with Crippen LogP contribution in [0.2, 0.25) is 0 Å².